The molecular weight excluding hydrogens is 342 g/mol. The minimum atomic E-state index is -0.563. The van der Waals surface area contributed by atoms with Crippen LogP contribution in [0, 0.1) is 0 Å². The van der Waals surface area contributed by atoms with Crippen LogP contribution in [0.3, 0.4) is 0 Å². The van der Waals surface area contributed by atoms with Crippen molar-refractivity contribution in [1.82, 2.24) is 10.4 Å². The Bertz CT molecular complexity index is 878. The molecule has 1 N–H and O–H groups in total. The second-order valence-electron chi connectivity index (χ2n) is 4.99. The number of benzene rings is 1. The van der Waals surface area contributed by atoms with E-state index >= 15 is 0 Å². The van der Waals surface area contributed by atoms with E-state index in [1.165, 1.54) is 7.11 Å². The minimum Gasteiger partial charge on any atom is -0.465 e. The van der Waals surface area contributed by atoms with Crippen molar-refractivity contribution in [1.29, 1.82) is 0 Å². The Morgan fingerprint density at radius 2 is 2.24 bits per heavy atom. The van der Waals surface area contributed by atoms with Crippen LogP contribution in [0.2, 0.25) is 5.02 Å². The molecule has 2 heterocycles. The van der Waals surface area contributed by atoms with Gasteiger partial charge in [0.25, 0.3) is 0 Å². The molecule has 1 aromatic heterocycles. The average molecular weight is 356 g/mol. The first kappa shape index (κ1) is 16.8. The number of nitrogens with zero attached hydrogens (tertiary/aromatic N) is 4. The molecular formula is C17H14ClN5O2. The lowest BCUT2D eigenvalue weighted by Crippen LogP contribution is -2.21. The summed E-state index contributed by atoms with van der Waals surface area (Å²) >= 11 is 6.14. The molecule has 0 unspecified atom stereocenters. The Balaban J connectivity index is 1.97. The smallest absolute Gasteiger partial charge is 0.350 e. The number of carbonyl (C=O) groups excluding carboxylic acids is 1. The number of ether oxygens (including phenoxy) is 1. The number of hydrogen-bond donors (Lipinski definition) is 1. The van der Waals surface area contributed by atoms with Crippen LogP contribution in [0.15, 0.2) is 57.7 Å². The molecule has 0 radical (unpaired) electrons. The van der Waals surface area contributed by atoms with Crippen LogP contribution in [0.25, 0.3) is 0 Å². The van der Waals surface area contributed by atoms with Crippen molar-refractivity contribution in [3.8, 4) is 0 Å². The Morgan fingerprint density at radius 3 is 3.00 bits per heavy atom. The predicted octanol–water partition coefficient (Wildman–Crippen LogP) is 2.36. The summed E-state index contributed by atoms with van der Waals surface area (Å²) in [6.07, 6.45) is 2.73. The fourth-order valence-corrected chi connectivity index (χ4v) is 2.38. The summed E-state index contributed by atoms with van der Waals surface area (Å²) in [6, 6.07) is 10.9. The van der Waals surface area contributed by atoms with Crippen LogP contribution >= 0.6 is 11.6 Å². The Morgan fingerprint density at radius 1 is 1.36 bits per heavy atom. The summed E-state index contributed by atoms with van der Waals surface area (Å²) in [5.41, 5.74) is 5.59. The van der Waals surface area contributed by atoms with Crippen molar-refractivity contribution in [2.24, 2.45) is 15.1 Å². The maximum Gasteiger partial charge on any atom is 0.350 e. The highest BCUT2D eigenvalue weighted by Gasteiger charge is 2.17. The number of fused-ring (bicyclic) bond motifs is 1. The molecule has 1 aliphatic rings. The minimum absolute atomic E-state index is 0.247. The Hall–Kier alpha value is -3.06. The lowest BCUT2D eigenvalue weighted by molar-refractivity contribution is -0.132. The van der Waals surface area contributed by atoms with Gasteiger partial charge in [0.1, 0.15) is 12.1 Å². The molecule has 1 aliphatic heterocycles. The topological polar surface area (TPSA) is 88.3 Å². The maximum atomic E-state index is 11.1. The molecule has 0 fully saturated rings. The number of amidine groups is 1. The highest BCUT2D eigenvalue weighted by atomic mass is 35.5. The predicted molar refractivity (Wildman–Crippen MR) is 96.9 cm³/mol. The molecule has 8 heteroatoms. The van der Waals surface area contributed by atoms with Gasteiger partial charge in [-0.1, -0.05) is 17.7 Å². The first-order valence-corrected chi connectivity index (χ1v) is 7.75. The monoisotopic (exact) mass is 355 g/mol. The number of aromatic nitrogens is 1. The maximum absolute atomic E-state index is 11.1. The van der Waals surface area contributed by atoms with Gasteiger partial charge in [0.05, 0.1) is 30.7 Å². The average Bonchev–Trinajstić information content (AvgIpc) is 2.81. The van der Waals surface area contributed by atoms with Gasteiger partial charge in [-0.2, -0.15) is 5.10 Å². The van der Waals surface area contributed by atoms with Crippen molar-refractivity contribution < 1.29 is 9.53 Å². The van der Waals surface area contributed by atoms with Crippen molar-refractivity contribution >= 4 is 41.0 Å². The first-order chi connectivity index (χ1) is 12.2. The number of esters is 1. The van der Waals surface area contributed by atoms with Crippen molar-refractivity contribution in [3.05, 3.63) is 58.9 Å². The molecule has 7 nitrogen and oxygen atoms in total. The van der Waals surface area contributed by atoms with Gasteiger partial charge in [0.15, 0.2) is 0 Å². The van der Waals surface area contributed by atoms with Crippen molar-refractivity contribution in [3.63, 3.8) is 0 Å². The zero-order chi connectivity index (χ0) is 17.6. The second-order valence-corrected chi connectivity index (χ2v) is 5.43. The summed E-state index contributed by atoms with van der Waals surface area (Å²) in [6.45, 7) is 0.247. The highest BCUT2D eigenvalue weighted by Crippen LogP contribution is 2.27. The highest BCUT2D eigenvalue weighted by molar-refractivity contribution is 6.31. The molecule has 25 heavy (non-hydrogen) atoms. The van der Waals surface area contributed by atoms with Gasteiger partial charge in [-0.05, 0) is 30.3 Å². The molecule has 0 bridgehead atoms. The van der Waals surface area contributed by atoms with Crippen LogP contribution < -0.4 is 5.43 Å². The van der Waals surface area contributed by atoms with E-state index in [2.05, 4.69) is 30.2 Å². The van der Waals surface area contributed by atoms with Gasteiger partial charge >= 0.3 is 5.97 Å². The van der Waals surface area contributed by atoms with E-state index in [4.69, 9.17) is 11.6 Å². The largest absolute Gasteiger partial charge is 0.465 e. The van der Waals surface area contributed by atoms with E-state index in [-0.39, 0.29) is 6.54 Å². The summed E-state index contributed by atoms with van der Waals surface area (Å²) in [4.78, 5) is 24.6. The molecule has 0 aliphatic carbocycles. The molecule has 3 rings (SSSR count). The van der Waals surface area contributed by atoms with Gasteiger partial charge in [-0.25, -0.2) is 9.79 Å². The molecule has 0 atom stereocenters. The number of methoxy groups -OCH3 is 1. The standard InChI is InChI=1S/C17H14ClN5O2/c1-25-16(24)10-21-23-15-9-20-17(14-4-2-3-7-19-14)12-8-11(18)5-6-13(12)22-15/h2-8,10H,9H2,1H3,(H,22,23). The van der Waals surface area contributed by atoms with Gasteiger partial charge in [-0.15, -0.1) is 0 Å². The number of rotatable bonds is 3. The first-order valence-electron chi connectivity index (χ1n) is 7.38. The molecule has 0 amide bonds. The van der Waals surface area contributed by atoms with Crippen LogP contribution in [-0.4, -0.2) is 42.4 Å². The Kier molecular flexibility index (Phi) is 5.15. The number of pyridine rings is 1. The summed E-state index contributed by atoms with van der Waals surface area (Å²) in [5, 5.41) is 4.39. The van der Waals surface area contributed by atoms with Gasteiger partial charge < -0.3 is 4.74 Å². The zero-order valence-corrected chi connectivity index (χ0v) is 14.1. The quantitative estimate of drug-likeness (QED) is 0.520. The van der Waals surface area contributed by atoms with E-state index in [0.29, 0.717) is 22.3 Å². The van der Waals surface area contributed by atoms with E-state index in [0.717, 1.165) is 17.5 Å². The summed E-state index contributed by atoms with van der Waals surface area (Å²) in [7, 11) is 1.28. The van der Waals surface area contributed by atoms with Crippen LogP contribution in [-0.2, 0) is 9.53 Å². The van der Waals surface area contributed by atoms with Crippen LogP contribution in [0.1, 0.15) is 11.3 Å². The lowest BCUT2D eigenvalue weighted by Gasteiger charge is -2.07. The third kappa shape index (κ3) is 4.07. The molecule has 0 saturated carbocycles. The molecule has 1 aromatic carbocycles. The molecule has 126 valence electrons. The molecule has 0 saturated heterocycles. The fraction of sp³-hybridized carbons (Fsp3) is 0.118. The number of nitrogens with one attached hydrogen (secondary N) is 1. The van der Waals surface area contributed by atoms with E-state index < -0.39 is 5.97 Å². The van der Waals surface area contributed by atoms with Crippen molar-refractivity contribution in [2.75, 3.05) is 13.7 Å². The number of hydrazone groups is 1. The molecule has 2 aromatic rings. The van der Waals surface area contributed by atoms with Gasteiger partial charge in [0.2, 0.25) is 0 Å². The second kappa shape index (κ2) is 7.67. The fourth-order valence-electron chi connectivity index (χ4n) is 2.21. The van der Waals surface area contributed by atoms with Crippen molar-refractivity contribution in [2.45, 2.75) is 0 Å². The SMILES string of the molecule is COC(=O)C=NNC1=Nc2ccc(Cl)cc2C(c2ccccn2)=NC1. The number of aliphatic imine (C=N–C) groups is 2. The Labute approximate surface area is 149 Å². The summed E-state index contributed by atoms with van der Waals surface area (Å²) < 4.78 is 4.49. The summed E-state index contributed by atoms with van der Waals surface area (Å²) in [5.74, 6) is -0.0822. The van der Waals surface area contributed by atoms with Gasteiger partial charge in [0, 0.05) is 16.8 Å². The third-order valence-corrected chi connectivity index (χ3v) is 3.56. The van der Waals surface area contributed by atoms with E-state index in [9.17, 15) is 4.79 Å². The lowest BCUT2D eigenvalue weighted by atomic mass is 10.0. The van der Waals surface area contributed by atoms with Crippen LogP contribution in [0.4, 0.5) is 5.69 Å². The number of hydrogen-bond acceptors (Lipinski definition) is 7. The normalized spacial score (nSPS) is 13.5. The third-order valence-electron chi connectivity index (χ3n) is 3.33. The van der Waals surface area contributed by atoms with Gasteiger partial charge in [-0.3, -0.25) is 15.4 Å². The number of halogens is 1. The molecule has 0 spiro atoms. The van der Waals surface area contributed by atoms with E-state index in [1.807, 2.05) is 18.2 Å². The van der Waals surface area contributed by atoms with Crippen LogP contribution in [0.5, 0.6) is 0 Å². The van der Waals surface area contributed by atoms with E-state index in [1.54, 1.807) is 24.4 Å². The number of carbonyl (C=O) groups is 1. The zero-order valence-electron chi connectivity index (χ0n) is 13.3.